The molecular weight excluding hydrogens is 322 g/mol. The smallest absolute Gasteiger partial charge is 0.182 e. The number of benzene rings is 2. The molecule has 3 rings (SSSR count). The maximum Gasteiger partial charge on any atom is 0.182 e. The normalized spacial score (nSPS) is 18.8. The van der Waals surface area contributed by atoms with Gasteiger partial charge in [0.1, 0.15) is 5.75 Å². The Bertz CT molecular complexity index is 757. The molecule has 1 saturated heterocycles. The van der Waals surface area contributed by atoms with Crippen LogP contribution in [0.1, 0.15) is 18.4 Å². The fraction of sp³-hybridized carbons (Fsp3) is 0.368. The number of likely N-dealkylation sites (tertiary alicyclic amines) is 1. The molecule has 5 heteroatoms. The first-order chi connectivity index (χ1) is 11.6. The lowest BCUT2D eigenvalue weighted by Gasteiger charge is -2.16. The predicted molar refractivity (Wildman–Crippen MR) is 94.9 cm³/mol. The van der Waals surface area contributed by atoms with E-state index in [2.05, 4.69) is 17.0 Å². The molecule has 24 heavy (non-hydrogen) atoms. The highest BCUT2D eigenvalue weighted by Gasteiger charge is 2.33. The number of aryl methyl sites for hydroxylation is 1. The summed E-state index contributed by atoms with van der Waals surface area (Å²) in [6.45, 7) is 2.35. The Morgan fingerprint density at radius 1 is 1.04 bits per heavy atom. The first-order valence-corrected chi connectivity index (χ1v) is 9.89. The summed E-state index contributed by atoms with van der Waals surface area (Å²) in [6, 6.07) is 16.2. The van der Waals surface area contributed by atoms with Gasteiger partial charge in [0.05, 0.1) is 10.1 Å². The molecule has 0 aromatic heterocycles. The van der Waals surface area contributed by atoms with Crippen LogP contribution in [-0.4, -0.2) is 43.3 Å². The Morgan fingerprint density at radius 3 is 2.46 bits per heavy atom. The molecule has 0 amide bonds. The number of sulfone groups is 1. The second kappa shape index (κ2) is 7.36. The standard InChI is InChI=1S/C19H23NO3S/c21-17-8-10-18(11-9-17)24(22,23)19-12-14-20(15-19)13-4-7-16-5-2-1-3-6-16/h1-3,5-6,8-11,19,21H,4,7,12-15H2/t19-/m0/s1. The van der Waals surface area contributed by atoms with Crippen LogP contribution in [0.2, 0.25) is 0 Å². The molecule has 1 aliphatic heterocycles. The summed E-state index contributed by atoms with van der Waals surface area (Å²) in [5.41, 5.74) is 1.32. The lowest BCUT2D eigenvalue weighted by atomic mass is 10.1. The molecule has 0 spiro atoms. The number of nitrogens with zero attached hydrogens (tertiary/aromatic N) is 1. The van der Waals surface area contributed by atoms with E-state index in [9.17, 15) is 13.5 Å². The Balaban J connectivity index is 1.54. The van der Waals surface area contributed by atoms with Crippen molar-refractivity contribution in [1.82, 2.24) is 4.90 Å². The quantitative estimate of drug-likeness (QED) is 0.875. The van der Waals surface area contributed by atoms with E-state index in [0.717, 1.165) is 25.9 Å². The number of hydrogen-bond donors (Lipinski definition) is 1. The second-order valence-electron chi connectivity index (χ2n) is 6.34. The molecular formula is C19H23NO3S. The topological polar surface area (TPSA) is 57.6 Å². The summed E-state index contributed by atoms with van der Waals surface area (Å²) in [5.74, 6) is 0.0860. The predicted octanol–water partition coefficient (Wildman–Crippen LogP) is 2.87. The van der Waals surface area contributed by atoms with E-state index >= 15 is 0 Å². The van der Waals surface area contributed by atoms with Gasteiger partial charge in [-0.15, -0.1) is 0 Å². The van der Waals surface area contributed by atoms with Gasteiger partial charge in [-0.1, -0.05) is 30.3 Å². The Hall–Kier alpha value is -1.85. The molecule has 4 nitrogen and oxygen atoms in total. The average Bonchev–Trinajstić information content (AvgIpc) is 3.06. The van der Waals surface area contributed by atoms with Crippen molar-refractivity contribution < 1.29 is 13.5 Å². The molecule has 128 valence electrons. The first kappa shape index (κ1) is 17.0. The third-order valence-electron chi connectivity index (χ3n) is 4.62. The fourth-order valence-electron chi connectivity index (χ4n) is 3.23. The van der Waals surface area contributed by atoms with E-state index < -0.39 is 9.84 Å². The third-order valence-corrected chi connectivity index (χ3v) is 6.81. The summed E-state index contributed by atoms with van der Waals surface area (Å²) < 4.78 is 25.4. The third kappa shape index (κ3) is 3.97. The largest absolute Gasteiger partial charge is 0.508 e. The van der Waals surface area contributed by atoms with Crippen LogP contribution in [0.25, 0.3) is 0 Å². The Morgan fingerprint density at radius 2 is 1.75 bits per heavy atom. The van der Waals surface area contributed by atoms with Crippen LogP contribution in [0, 0.1) is 0 Å². The zero-order valence-corrected chi connectivity index (χ0v) is 14.5. The van der Waals surface area contributed by atoms with Crippen molar-refractivity contribution in [2.24, 2.45) is 0 Å². The Kier molecular flexibility index (Phi) is 5.21. The van der Waals surface area contributed by atoms with Crippen LogP contribution < -0.4 is 0 Å². The highest BCUT2D eigenvalue weighted by atomic mass is 32.2. The summed E-state index contributed by atoms with van der Waals surface area (Å²) in [6.07, 6.45) is 2.73. The molecule has 1 aliphatic rings. The van der Waals surface area contributed by atoms with E-state index in [1.54, 1.807) is 0 Å². The van der Waals surface area contributed by atoms with E-state index in [1.165, 1.54) is 29.8 Å². The van der Waals surface area contributed by atoms with Crippen molar-refractivity contribution in [3.05, 3.63) is 60.2 Å². The van der Waals surface area contributed by atoms with Gasteiger partial charge in [0.2, 0.25) is 0 Å². The van der Waals surface area contributed by atoms with Crippen LogP contribution >= 0.6 is 0 Å². The molecule has 1 heterocycles. The van der Waals surface area contributed by atoms with Crippen molar-refractivity contribution in [3.63, 3.8) is 0 Å². The summed E-state index contributed by atoms with van der Waals surface area (Å²) in [5, 5.41) is 8.97. The zero-order chi connectivity index (χ0) is 17.0. The molecule has 2 aromatic carbocycles. The molecule has 0 saturated carbocycles. The van der Waals surface area contributed by atoms with Crippen molar-refractivity contribution in [3.8, 4) is 5.75 Å². The lowest BCUT2D eigenvalue weighted by Crippen LogP contribution is -2.28. The van der Waals surface area contributed by atoms with Gasteiger partial charge >= 0.3 is 0 Å². The molecule has 1 N–H and O–H groups in total. The van der Waals surface area contributed by atoms with E-state index in [1.807, 2.05) is 18.2 Å². The number of aromatic hydroxyl groups is 1. The van der Waals surface area contributed by atoms with E-state index in [0.29, 0.717) is 17.9 Å². The SMILES string of the molecule is O=S(=O)(c1ccc(O)cc1)[C@H]1CCN(CCCc2ccccc2)C1. The van der Waals surface area contributed by atoms with Gasteiger partial charge < -0.3 is 10.0 Å². The van der Waals surface area contributed by atoms with Crippen LogP contribution in [0.5, 0.6) is 5.75 Å². The molecule has 2 aromatic rings. The van der Waals surface area contributed by atoms with Crippen molar-refractivity contribution in [1.29, 1.82) is 0 Å². The fourth-order valence-corrected chi connectivity index (χ4v) is 4.96. The summed E-state index contributed by atoms with van der Waals surface area (Å²) in [7, 11) is -3.32. The number of phenols is 1. The summed E-state index contributed by atoms with van der Waals surface area (Å²) >= 11 is 0. The van der Waals surface area contributed by atoms with Gasteiger partial charge in [-0.25, -0.2) is 8.42 Å². The maximum absolute atomic E-state index is 12.7. The minimum absolute atomic E-state index is 0.0860. The molecule has 0 unspecified atom stereocenters. The molecule has 1 atom stereocenters. The second-order valence-corrected chi connectivity index (χ2v) is 8.57. The van der Waals surface area contributed by atoms with Crippen LogP contribution in [0.4, 0.5) is 0 Å². The zero-order valence-electron chi connectivity index (χ0n) is 13.6. The average molecular weight is 345 g/mol. The number of rotatable bonds is 6. The van der Waals surface area contributed by atoms with E-state index in [-0.39, 0.29) is 11.0 Å². The minimum atomic E-state index is -3.32. The van der Waals surface area contributed by atoms with Crippen LogP contribution in [0.3, 0.4) is 0 Å². The maximum atomic E-state index is 12.7. The summed E-state index contributed by atoms with van der Waals surface area (Å²) in [4.78, 5) is 2.54. The monoisotopic (exact) mass is 345 g/mol. The van der Waals surface area contributed by atoms with Crippen molar-refractivity contribution >= 4 is 9.84 Å². The van der Waals surface area contributed by atoms with Gasteiger partial charge in [0, 0.05) is 6.54 Å². The first-order valence-electron chi connectivity index (χ1n) is 8.35. The highest BCUT2D eigenvalue weighted by Crippen LogP contribution is 2.25. The highest BCUT2D eigenvalue weighted by molar-refractivity contribution is 7.92. The van der Waals surface area contributed by atoms with Gasteiger partial charge in [-0.2, -0.15) is 0 Å². The molecule has 0 aliphatic carbocycles. The van der Waals surface area contributed by atoms with Gasteiger partial charge in [0.25, 0.3) is 0 Å². The van der Waals surface area contributed by atoms with E-state index in [4.69, 9.17) is 0 Å². The van der Waals surface area contributed by atoms with Gasteiger partial charge in [0.15, 0.2) is 9.84 Å². The van der Waals surface area contributed by atoms with Crippen molar-refractivity contribution in [2.45, 2.75) is 29.4 Å². The number of hydrogen-bond acceptors (Lipinski definition) is 4. The lowest BCUT2D eigenvalue weighted by molar-refractivity contribution is 0.334. The molecule has 0 radical (unpaired) electrons. The van der Waals surface area contributed by atoms with Gasteiger partial charge in [-0.3, -0.25) is 0 Å². The van der Waals surface area contributed by atoms with Gasteiger partial charge in [-0.05, 0) is 62.2 Å². The Labute approximate surface area is 143 Å². The number of phenolic OH excluding ortho intramolecular Hbond substituents is 1. The molecule has 1 fully saturated rings. The van der Waals surface area contributed by atoms with Crippen molar-refractivity contribution in [2.75, 3.05) is 19.6 Å². The van der Waals surface area contributed by atoms with Crippen LogP contribution in [-0.2, 0) is 16.3 Å². The van der Waals surface area contributed by atoms with Crippen LogP contribution in [0.15, 0.2) is 59.5 Å². The minimum Gasteiger partial charge on any atom is -0.508 e. The molecule has 0 bridgehead atoms.